The second kappa shape index (κ2) is 5.34. The topological polar surface area (TPSA) is 34.0 Å². The first-order valence-corrected chi connectivity index (χ1v) is 7.68. The van der Waals surface area contributed by atoms with E-state index >= 15 is 0 Å². The highest BCUT2D eigenvalue weighted by molar-refractivity contribution is 6.20. The molecule has 2 heterocycles. The van der Waals surface area contributed by atoms with E-state index in [1.807, 2.05) is 26.0 Å². The van der Waals surface area contributed by atoms with Crippen molar-refractivity contribution in [2.75, 3.05) is 13.6 Å². The van der Waals surface area contributed by atoms with Crippen molar-refractivity contribution in [1.82, 2.24) is 19.4 Å². The molecule has 1 aliphatic rings. The minimum atomic E-state index is -0.101. The van der Waals surface area contributed by atoms with Gasteiger partial charge in [-0.3, -0.25) is 0 Å². The van der Waals surface area contributed by atoms with Crippen LogP contribution in [-0.2, 0) is 6.54 Å². The van der Waals surface area contributed by atoms with Crippen LogP contribution in [0.3, 0.4) is 0 Å². The second-order valence-corrected chi connectivity index (χ2v) is 6.40. The maximum Gasteiger partial charge on any atom is 0.160 e. The number of halogens is 1. The number of rotatable bonds is 5. The van der Waals surface area contributed by atoms with E-state index in [0.717, 1.165) is 41.8 Å². The van der Waals surface area contributed by atoms with Gasteiger partial charge in [-0.25, -0.2) is 9.97 Å². The zero-order valence-electron chi connectivity index (χ0n) is 12.3. The van der Waals surface area contributed by atoms with Crippen LogP contribution >= 0.6 is 11.6 Å². The van der Waals surface area contributed by atoms with Crippen LogP contribution in [-0.4, -0.2) is 39.1 Å². The van der Waals surface area contributed by atoms with E-state index in [1.54, 1.807) is 0 Å². The first kappa shape index (κ1) is 13.8. The zero-order chi connectivity index (χ0) is 14.3. The van der Waals surface area contributed by atoms with E-state index in [2.05, 4.69) is 26.5 Å². The monoisotopic (exact) mass is 292 g/mol. The van der Waals surface area contributed by atoms with Gasteiger partial charge in [-0.05, 0) is 45.9 Å². The zero-order valence-corrected chi connectivity index (χ0v) is 13.1. The summed E-state index contributed by atoms with van der Waals surface area (Å²) in [6, 6.07) is 4.80. The number of aromatic nitrogens is 3. The summed E-state index contributed by atoms with van der Waals surface area (Å²) in [5.41, 5.74) is 2.91. The number of nitrogens with zero attached hydrogens (tertiary/aromatic N) is 4. The molecule has 1 aliphatic carbocycles. The van der Waals surface area contributed by atoms with Gasteiger partial charge in [-0.15, -0.1) is 11.6 Å². The lowest BCUT2D eigenvalue weighted by atomic mass is 10.3. The third kappa shape index (κ3) is 2.67. The van der Waals surface area contributed by atoms with Gasteiger partial charge in [0.25, 0.3) is 0 Å². The minimum Gasteiger partial charge on any atom is -0.310 e. The summed E-state index contributed by atoms with van der Waals surface area (Å²) in [6.45, 7) is 5.89. The summed E-state index contributed by atoms with van der Waals surface area (Å²) < 4.78 is 2.18. The van der Waals surface area contributed by atoms with E-state index in [-0.39, 0.29) is 5.38 Å². The molecule has 108 valence electrons. The summed E-state index contributed by atoms with van der Waals surface area (Å²) in [5.74, 6) is 0.920. The Hall–Kier alpha value is -1.13. The number of alkyl halides is 1. The van der Waals surface area contributed by atoms with Gasteiger partial charge in [-0.1, -0.05) is 0 Å². The van der Waals surface area contributed by atoms with Gasteiger partial charge < -0.3 is 9.47 Å². The Bertz CT molecular complexity index is 616. The average molecular weight is 293 g/mol. The highest BCUT2D eigenvalue weighted by atomic mass is 35.5. The van der Waals surface area contributed by atoms with Crippen LogP contribution in [0.25, 0.3) is 11.2 Å². The van der Waals surface area contributed by atoms with E-state index in [0.29, 0.717) is 0 Å². The summed E-state index contributed by atoms with van der Waals surface area (Å²) in [7, 11) is 2.19. The first-order chi connectivity index (χ1) is 9.56. The predicted octanol–water partition coefficient (Wildman–Crippen LogP) is 3.13. The molecule has 1 unspecified atom stereocenters. The van der Waals surface area contributed by atoms with Crippen molar-refractivity contribution in [3.63, 3.8) is 0 Å². The van der Waals surface area contributed by atoms with Crippen LogP contribution in [0.5, 0.6) is 0 Å². The normalized spacial score (nSPS) is 17.1. The largest absolute Gasteiger partial charge is 0.310 e. The Kier molecular flexibility index (Phi) is 3.69. The maximum absolute atomic E-state index is 6.29. The molecule has 1 atom stereocenters. The molecule has 0 N–H and O–H groups in total. The van der Waals surface area contributed by atoms with Gasteiger partial charge in [0.2, 0.25) is 0 Å². The van der Waals surface area contributed by atoms with Crippen molar-refractivity contribution >= 4 is 22.8 Å². The fourth-order valence-electron chi connectivity index (χ4n) is 2.59. The summed E-state index contributed by atoms with van der Waals surface area (Å²) in [5, 5.41) is -0.101. The molecule has 1 saturated carbocycles. The van der Waals surface area contributed by atoms with Gasteiger partial charge in [0, 0.05) is 24.8 Å². The lowest BCUT2D eigenvalue weighted by Crippen LogP contribution is -2.26. The fraction of sp³-hybridized carbons (Fsp3) is 0.600. The smallest absolute Gasteiger partial charge is 0.160 e. The highest BCUT2D eigenvalue weighted by Gasteiger charge is 2.26. The Morgan fingerprint density at radius 3 is 2.80 bits per heavy atom. The number of pyridine rings is 1. The molecule has 0 amide bonds. The third-order valence-electron chi connectivity index (χ3n) is 3.96. The molecule has 2 aromatic rings. The Balaban J connectivity index is 1.92. The van der Waals surface area contributed by atoms with E-state index in [4.69, 9.17) is 11.6 Å². The molecule has 5 heteroatoms. The number of hydrogen-bond acceptors (Lipinski definition) is 3. The Labute approximate surface area is 124 Å². The molecule has 0 spiro atoms. The highest BCUT2D eigenvalue weighted by Crippen LogP contribution is 2.27. The predicted molar refractivity (Wildman–Crippen MR) is 82.2 cm³/mol. The van der Waals surface area contributed by atoms with Crippen molar-refractivity contribution in [2.45, 2.75) is 44.7 Å². The number of fused-ring (bicyclic) bond motifs is 1. The van der Waals surface area contributed by atoms with Crippen molar-refractivity contribution in [3.8, 4) is 0 Å². The molecular weight excluding hydrogens is 272 g/mol. The summed E-state index contributed by atoms with van der Waals surface area (Å²) >= 11 is 6.29. The van der Waals surface area contributed by atoms with Crippen molar-refractivity contribution in [3.05, 3.63) is 23.7 Å². The van der Waals surface area contributed by atoms with Crippen molar-refractivity contribution in [1.29, 1.82) is 0 Å². The molecule has 0 radical (unpaired) electrons. The quantitative estimate of drug-likeness (QED) is 0.794. The molecule has 20 heavy (non-hydrogen) atoms. The van der Waals surface area contributed by atoms with Crippen molar-refractivity contribution in [2.24, 2.45) is 0 Å². The van der Waals surface area contributed by atoms with E-state index < -0.39 is 0 Å². The van der Waals surface area contributed by atoms with Crippen LogP contribution < -0.4 is 0 Å². The molecule has 0 aromatic carbocycles. The fourth-order valence-corrected chi connectivity index (χ4v) is 2.76. The Morgan fingerprint density at radius 1 is 1.40 bits per heavy atom. The molecule has 0 aliphatic heterocycles. The minimum absolute atomic E-state index is 0.101. The van der Waals surface area contributed by atoms with Gasteiger partial charge in [0.1, 0.15) is 11.3 Å². The summed E-state index contributed by atoms with van der Waals surface area (Å²) in [6.07, 6.45) is 2.66. The van der Waals surface area contributed by atoms with Gasteiger partial charge in [-0.2, -0.15) is 0 Å². The Morgan fingerprint density at radius 2 is 2.15 bits per heavy atom. The van der Waals surface area contributed by atoms with Gasteiger partial charge in [0.05, 0.1) is 5.38 Å². The second-order valence-electron chi connectivity index (χ2n) is 5.74. The van der Waals surface area contributed by atoms with E-state index in [1.165, 1.54) is 12.8 Å². The molecule has 1 fully saturated rings. The van der Waals surface area contributed by atoms with E-state index in [9.17, 15) is 0 Å². The van der Waals surface area contributed by atoms with Crippen LogP contribution in [0.2, 0.25) is 0 Å². The average Bonchev–Trinajstić information content (AvgIpc) is 3.18. The van der Waals surface area contributed by atoms with Gasteiger partial charge in [0.15, 0.2) is 5.65 Å². The summed E-state index contributed by atoms with van der Waals surface area (Å²) in [4.78, 5) is 11.7. The molecule has 4 nitrogen and oxygen atoms in total. The van der Waals surface area contributed by atoms with Crippen LogP contribution in [0, 0.1) is 6.92 Å². The standard InChI is InChI=1S/C15H21ClN4/c1-10-4-7-13-15(17-10)20(14(18-13)11(2)16)9-8-19(3)12-5-6-12/h4,7,11-12H,5-6,8-9H2,1-3H3. The first-order valence-electron chi connectivity index (χ1n) is 7.24. The molecule has 2 aromatic heterocycles. The molecule has 0 saturated heterocycles. The maximum atomic E-state index is 6.29. The SMILES string of the molecule is Cc1ccc2nc(C(C)Cl)n(CCN(C)C3CC3)c2n1. The lowest BCUT2D eigenvalue weighted by Gasteiger charge is -2.17. The van der Waals surface area contributed by atoms with Crippen LogP contribution in [0.1, 0.15) is 36.7 Å². The third-order valence-corrected chi connectivity index (χ3v) is 4.16. The van der Waals surface area contributed by atoms with Crippen LogP contribution in [0.4, 0.5) is 0 Å². The number of imidazole rings is 1. The number of aryl methyl sites for hydroxylation is 1. The number of likely N-dealkylation sites (N-methyl/N-ethyl adjacent to an activating group) is 1. The van der Waals surface area contributed by atoms with Crippen molar-refractivity contribution < 1.29 is 0 Å². The molecule has 3 rings (SSSR count). The van der Waals surface area contributed by atoms with Crippen LogP contribution in [0.15, 0.2) is 12.1 Å². The molecular formula is C15H21ClN4. The van der Waals surface area contributed by atoms with Gasteiger partial charge >= 0.3 is 0 Å². The number of hydrogen-bond donors (Lipinski definition) is 0. The molecule has 0 bridgehead atoms. The lowest BCUT2D eigenvalue weighted by molar-refractivity contribution is 0.309.